The SMILES string of the molecule is Cc1ccc(N)c(NC(=O)c2sc(C)nc2C)c1. The lowest BCUT2D eigenvalue weighted by Gasteiger charge is -2.08. The molecule has 0 aliphatic rings. The van der Waals surface area contributed by atoms with E-state index in [0.717, 1.165) is 16.3 Å². The molecule has 1 amide bonds. The number of anilines is 2. The number of rotatable bonds is 2. The molecular formula is C13H15N3OS. The first-order chi connectivity index (χ1) is 8.47. The first-order valence-corrected chi connectivity index (χ1v) is 6.40. The van der Waals surface area contributed by atoms with Gasteiger partial charge in [0.1, 0.15) is 4.88 Å². The summed E-state index contributed by atoms with van der Waals surface area (Å²) in [6.07, 6.45) is 0. The van der Waals surface area contributed by atoms with Crippen LogP contribution in [0.3, 0.4) is 0 Å². The van der Waals surface area contributed by atoms with Crippen LogP contribution in [0.5, 0.6) is 0 Å². The van der Waals surface area contributed by atoms with Crippen LogP contribution in [0.25, 0.3) is 0 Å². The maximum absolute atomic E-state index is 12.1. The predicted octanol–water partition coefficient (Wildman–Crippen LogP) is 2.90. The number of nitrogens with zero attached hydrogens (tertiary/aromatic N) is 1. The van der Waals surface area contributed by atoms with Crippen LogP contribution < -0.4 is 11.1 Å². The molecule has 94 valence electrons. The maximum Gasteiger partial charge on any atom is 0.267 e. The van der Waals surface area contributed by atoms with Gasteiger partial charge >= 0.3 is 0 Å². The van der Waals surface area contributed by atoms with Crippen LogP contribution in [0.2, 0.25) is 0 Å². The normalized spacial score (nSPS) is 10.4. The highest BCUT2D eigenvalue weighted by molar-refractivity contribution is 7.13. The van der Waals surface area contributed by atoms with E-state index in [-0.39, 0.29) is 5.91 Å². The van der Waals surface area contributed by atoms with Crippen molar-refractivity contribution in [1.82, 2.24) is 4.98 Å². The van der Waals surface area contributed by atoms with E-state index in [2.05, 4.69) is 10.3 Å². The Labute approximate surface area is 110 Å². The number of thiazole rings is 1. The largest absolute Gasteiger partial charge is 0.397 e. The van der Waals surface area contributed by atoms with E-state index in [1.165, 1.54) is 11.3 Å². The number of benzene rings is 1. The number of hydrogen-bond donors (Lipinski definition) is 2. The van der Waals surface area contributed by atoms with Crippen LogP contribution in [0.4, 0.5) is 11.4 Å². The van der Waals surface area contributed by atoms with Gasteiger partial charge < -0.3 is 11.1 Å². The lowest BCUT2D eigenvalue weighted by Crippen LogP contribution is -2.13. The molecule has 4 nitrogen and oxygen atoms in total. The fourth-order valence-electron chi connectivity index (χ4n) is 1.70. The average Bonchev–Trinajstić information content (AvgIpc) is 2.63. The van der Waals surface area contributed by atoms with Gasteiger partial charge in [0.2, 0.25) is 0 Å². The molecule has 0 unspecified atom stereocenters. The summed E-state index contributed by atoms with van der Waals surface area (Å²) < 4.78 is 0. The van der Waals surface area contributed by atoms with E-state index >= 15 is 0 Å². The fraction of sp³-hybridized carbons (Fsp3) is 0.231. The number of aryl methyl sites for hydroxylation is 3. The standard InChI is InChI=1S/C13H15N3OS/c1-7-4-5-10(14)11(6-7)16-13(17)12-8(2)15-9(3)18-12/h4-6H,14H2,1-3H3,(H,16,17). The van der Waals surface area contributed by atoms with Crippen LogP contribution >= 0.6 is 11.3 Å². The highest BCUT2D eigenvalue weighted by atomic mass is 32.1. The highest BCUT2D eigenvalue weighted by Crippen LogP contribution is 2.23. The van der Waals surface area contributed by atoms with Crippen molar-refractivity contribution < 1.29 is 4.79 Å². The molecule has 2 rings (SSSR count). The van der Waals surface area contributed by atoms with E-state index in [9.17, 15) is 4.79 Å². The molecule has 0 saturated carbocycles. The zero-order chi connectivity index (χ0) is 13.3. The monoisotopic (exact) mass is 261 g/mol. The molecule has 0 aliphatic carbocycles. The van der Waals surface area contributed by atoms with Crippen molar-refractivity contribution >= 4 is 28.6 Å². The Bertz CT molecular complexity index is 604. The van der Waals surface area contributed by atoms with Gasteiger partial charge in [0.15, 0.2) is 0 Å². The number of hydrogen-bond acceptors (Lipinski definition) is 4. The smallest absolute Gasteiger partial charge is 0.267 e. The molecule has 0 bridgehead atoms. The fourth-order valence-corrected chi connectivity index (χ4v) is 2.51. The van der Waals surface area contributed by atoms with Crippen molar-refractivity contribution in [3.8, 4) is 0 Å². The average molecular weight is 261 g/mol. The Morgan fingerprint density at radius 2 is 2.06 bits per heavy atom. The van der Waals surface area contributed by atoms with Crippen molar-refractivity contribution in [2.24, 2.45) is 0 Å². The molecule has 0 saturated heterocycles. The molecule has 3 N–H and O–H groups in total. The number of nitrogens with two attached hydrogens (primary N) is 1. The summed E-state index contributed by atoms with van der Waals surface area (Å²) in [5.41, 5.74) is 8.84. The summed E-state index contributed by atoms with van der Waals surface area (Å²) in [5, 5.41) is 3.71. The zero-order valence-corrected chi connectivity index (χ0v) is 11.4. The summed E-state index contributed by atoms with van der Waals surface area (Å²) in [6, 6.07) is 5.55. The Balaban J connectivity index is 2.26. The number of nitrogen functional groups attached to an aromatic ring is 1. The lowest BCUT2D eigenvalue weighted by molar-refractivity contribution is 0.103. The van der Waals surface area contributed by atoms with E-state index in [1.807, 2.05) is 32.9 Å². The molecule has 1 aromatic heterocycles. The molecule has 1 aromatic carbocycles. The van der Waals surface area contributed by atoms with Gasteiger partial charge in [-0.25, -0.2) is 4.98 Å². The van der Waals surface area contributed by atoms with Crippen LogP contribution in [-0.2, 0) is 0 Å². The second kappa shape index (κ2) is 4.78. The van der Waals surface area contributed by atoms with Crippen LogP contribution in [0.1, 0.15) is 25.9 Å². The minimum Gasteiger partial charge on any atom is -0.397 e. The summed E-state index contributed by atoms with van der Waals surface area (Å²) in [7, 11) is 0. The van der Waals surface area contributed by atoms with E-state index in [0.29, 0.717) is 16.3 Å². The summed E-state index contributed by atoms with van der Waals surface area (Å²) >= 11 is 1.39. The van der Waals surface area contributed by atoms with Gasteiger partial charge in [-0.1, -0.05) is 6.07 Å². The number of carbonyl (C=O) groups is 1. The number of nitrogens with one attached hydrogen (secondary N) is 1. The van der Waals surface area contributed by atoms with Gasteiger partial charge in [0.05, 0.1) is 22.1 Å². The van der Waals surface area contributed by atoms with Crippen molar-refractivity contribution in [2.45, 2.75) is 20.8 Å². The third-order valence-corrected chi connectivity index (χ3v) is 3.64. The third kappa shape index (κ3) is 2.51. The first-order valence-electron chi connectivity index (χ1n) is 5.59. The first kappa shape index (κ1) is 12.6. The number of carbonyl (C=O) groups excluding carboxylic acids is 1. The summed E-state index contributed by atoms with van der Waals surface area (Å²) in [4.78, 5) is 17.0. The van der Waals surface area contributed by atoms with Crippen molar-refractivity contribution in [3.63, 3.8) is 0 Å². The van der Waals surface area contributed by atoms with Crippen LogP contribution in [0.15, 0.2) is 18.2 Å². The molecule has 0 radical (unpaired) electrons. The highest BCUT2D eigenvalue weighted by Gasteiger charge is 2.14. The predicted molar refractivity (Wildman–Crippen MR) is 75.1 cm³/mol. The second-order valence-electron chi connectivity index (χ2n) is 4.19. The van der Waals surface area contributed by atoms with Gasteiger partial charge in [-0.3, -0.25) is 4.79 Å². The molecule has 1 heterocycles. The topological polar surface area (TPSA) is 68.0 Å². The maximum atomic E-state index is 12.1. The van der Waals surface area contributed by atoms with Crippen molar-refractivity contribution in [3.05, 3.63) is 39.3 Å². The van der Waals surface area contributed by atoms with Gasteiger partial charge in [-0.15, -0.1) is 11.3 Å². The van der Waals surface area contributed by atoms with Crippen molar-refractivity contribution in [1.29, 1.82) is 0 Å². The van der Waals surface area contributed by atoms with Gasteiger partial charge in [-0.2, -0.15) is 0 Å². The van der Waals surface area contributed by atoms with Crippen LogP contribution in [0, 0.1) is 20.8 Å². The van der Waals surface area contributed by atoms with Gasteiger partial charge in [0.25, 0.3) is 5.91 Å². The van der Waals surface area contributed by atoms with Gasteiger partial charge in [-0.05, 0) is 38.5 Å². The molecule has 0 fully saturated rings. The van der Waals surface area contributed by atoms with Gasteiger partial charge in [0, 0.05) is 0 Å². The summed E-state index contributed by atoms with van der Waals surface area (Å²) in [6.45, 7) is 5.67. The minimum atomic E-state index is -0.157. The quantitative estimate of drug-likeness (QED) is 0.817. The molecular weight excluding hydrogens is 246 g/mol. The molecule has 2 aromatic rings. The third-order valence-electron chi connectivity index (χ3n) is 2.57. The summed E-state index contributed by atoms with van der Waals surface area (Å²) in [5.74, 6) is -0.157. The van der Waals surface area contributed by atoms with E-state index in [4.69, 9.17) is 5.73 Å². The van der Waals surface area contributed by atoms with E-state index < -0.39 is 0 Å². The Morgan fingerprint density at radius 3 is 2.67 bits per heavy atom. The van der Waals surface area contributed by atoms with Crippen LogP contribution in [-0.4, -0.2) is 10.9 Å². The molecule has 0 atom stereocenters. The Hall–Kier alpha value is -1.88. The Morgan fingerprint density at radius 1 is 1.33 bits per heavy atom. The zero-order valence-electron chi connectivity index (χ0n) is 10.6. The van der Waals surface area contributed by atoms with Crippen molar-refractivity contribution in [2.75, 3.05) is 11.1 Å². The molecule has 0 spiro atoms. The minimum absolute atomic E-state index is 0.157. The molecule has 0 aliphatic heterocycles. The number of aromatic nitrogens is 1. The van der Waals surface area contributed by atoms with E-state index in [1.54, 1.807) is 6.07 Å². The lowest BCUT2D eigenvalue weighted by atomic mass is 10.2. The molecule has 18 heavy (non-hydrogen) atoms. The molecule has 5 heteroatoms. The second-order valence-corrected chi connectivity index (χ2v) is 5.40. The number of amides is 1. The Kier molecular flexibility index (Phi) is 3.34.